The number of nitrogens with two attached hydrogens (primary N) is 2. The van der Waals surface area contributed by atoms with E-state index in [9.17, 15) is 50.0 Å². The fourth-order valence-corrected chi connectivity index (χ4v) is 9.01. The first-order valence-corrected chi connectivity index (χ1v) is 20.1. The van der Waals surface area contributed by atoms with Crippen LogP contribution in [0.3, 0.4) is 0 Å². The first-order chi connectivity index (χ1) is 27.9. The number of nitrogens with zero attached hydrogens (tertiary/aromatic N) is 6. The smallest absolute Gasteiger partial charge is 0.437 e. The van der Waals surface area contributed by atoms with Gasteiger partial charge in [0.1, 0.15) is 67.2 Å². The van der Waals surface area contributed by atoms with Crippen LogP contribution in [0.4, 0.5) is 11.5 Å². The lowest BCUT2D eigenvalue weighted by atomic mass is 10.1. The van der Waals surface area contributed by atoms with Crippen LogP contribution in [-0.2, 0) is 27.4 Å². The van der Waals surface area contributed by atoms with Crippen molar-refractivity contribution in [3.63, 3.8) is 0 Å². The minimum atomic E-state index is -5.63. The Labute approximate surface area is 333 Å². The van der Waals surface area contributed by atoms with Gasteiger partial charge in [0.15, 0.2) is 47.7 Å². The van der Waals surface area contributed by atoms with Gasteiger partial charge in [0, 0.05) is 10.4 Å². The summed E-state index contributed by atoms with van der Waals surface area (Å²) in [6.07, 6.45) is -9.36. The number of aliphatic hydroxyl groups is 4. The van der Waals surface area contributed by atoms with Gasteiger partial charge in [-0.1, -0.05) is 0 Å². The Hall–Kier alpha value is -4.47. The van der Waals surface area contributed by atoms with Crippen LogP contribution in [0, 0.1) is 10.1 Å². The molecular formula is C31H39N8O18P2+. The Morgan fingerprint density at radius 2 is 1.68 bits per heavy atom. The average Bonchev–Trinajstić information content (AvgIpc) is 3.85. The number of benzene rings is 1. The number of nitrogen functional groups attached to an aromatic ring is 1. The summed E-state index contributed by atoms with van der Waals surface area (Å²) in [5, 5.41) is 55.2. The number of anilines is 1. The molecule has 3 unspecified atom stereocenters. The van der Waals surface area contributed by atoms with Crippen molar-refractivity contribution in [2.45, 2.75) is 62.1 Å². The molecule has 9 N–H and O–H groups in total. The molecule has 5 heterocycles. The fourth-order valence-electron chi connectivity index (χ4n) is 6.24. The Balaban J connectivity index is 1.23. The maximum absolute atomic E-state index is 14.4. The number of phosphoric acid groups is 2. The molecule has 2 aliphatic heterocycles. The SMILES string of the molecule is COc1cc(C(C)O[P+]([O-])(OC[C@H]2O[C@@H](n3cnc4c(N)ncnc43)[C@H](O)[C@@H]2O)O[P+]([O-])(O)OC[C@H]2O[C@@H]([n+]3cccc(C(N)=O)c3)[C@H](O)[C@@H]2O)c([N+](=O)[O-])cc1OC. The molecule has 0 spiro atoms. The van der Waals surface area contributed by atoms with Crippen LogP contribution in [0.1, 0.15) is 41.4 Å². The van der Waals surface area contributed by atoms with Crippen LogP contribution in [-0.4, -0.2) is 120 Å². The normalized spacial score (nSPS) is 26.9. The predicted molar refractivity (Wildman–Crippen MR) is 191 cm³/mol. The maximum atomic E-state index is 14.4. The lowest BCUT2D eigenvalue weighted by Gasteiger charge is -2.30. The number of carbonyl (C=O) groups is 1. The first-order valence-electron chi connectivity index (χ1n) is 17.2. The molecule has 0 radical (unpaired) electrons. The second-order valence-corrected chi connectivity index (χ2v) is 16.2. The molecule has 2 aliphatic rings. The molecule has 1 amide bonds. The topological polar surface area (TPSA) is 381 Å². The average molecular weight is 874 g/mol. The zero-order valence-electron chi connectivity index (χ0n) is 31.0. The van der Waals surface area contributed by atoms with E-state index in [0.29, 0.717) is 0 Å². The standard InChI is InChI=1S/C31H38N8O18P2/c1-14(16-7-18(50-2)19(51-3)8-17(16)39(45)46)56-59(49,53-11-21-24(41)26(43)31(55-21)38-13-36-22-27(32)34-12-35-29(22)38)57-58(47,48)52-10-20-23(40)25(42)30(54-20)37-6-4-5-15(9-37)28(33)44/h4-9,12-14,20-21,23-26,30-31,40-43H,10-11H2,1-3H3,(H4-,32,33,34,35,44,47,48)/p+1/t14?,20-,21-,23-,24-,25-,26-,30-,31-,59?/m1/s1. The summed E-state index contributed by atoms with van der Waals surface area (Å²) in [7, 11) is -8.67. The van der Waals surface area contributed by atoms with Crippen LogP contribution >= 0.6 is 16.3 Å². The maximum Gasteiger partial charge on any atom is 0.437 e. The molecule has 26 nitrogen and oxygen atoms in total. The summed E-state index contributed by atoms with van der Waals surface area (Å²) in [6.45, 7) is -0.804. The predicted octanol–water partition coefficient (Wildman–Crippen LogP) is -2.45. The summed E-state index contributed by atoms with van der Waals surface area (Å²) < 4.78 is 45.1. The molecule has 2 saturated heterocycles. The number of methoxy groups -OCH3 is 2. The van der Waals surface area contributed by atoms with Crippen LogP contribution in [0.25, 0.3) is 11.2 Å². The lowest BCUT2D eigenvalue weighted by molar-refractivity contribution is -0.765. The van der Waals surface area contributed by atoms with Crippen molar-refractivity contribution in [2.75, 3.05) is 33.2 Å². The number of nitro benzene ring substituents is 1. The molecule has 59 heavy (non-hydrogen) atoms. The number of nitro groups is 1. The summed E-state index contributed by atoms with van der Waals surface area (Å²) in [4.78, 5) is 73.5. The summed E-state index contributed by atoms with van der Waals surface area (Å²) in [6, 6.07) is 4.91. The summed E-state index contributed by atoms with van der Waals surface area (Å²) in [5.41, 5.74) is 10.5. The molecular weight excluding hydrogens is 834 g/mol. The number of carbonyl (C=O) groups excluding carboxylic acids is 1. The minimum Gasteiger partial charge on any atom is -0.603 e. The molecule has 11 atom stereocenters. The molecule has 6 rings (SSSR count). The highest BCUT2D eigenvalue weighted by atomic mass is 31.3. The zero-order valence-corrected chi connectivity index (χ0v) is 32.8. The number of aromatic nitrogens is 5. The quantitative estimate of drug-likeness (QED) is 0.0251. The number of hydrogen-bond acceptors (Lipinski definition) is 22. The van der Waals surface area contributed by atoms with Crippen LogP contribution in [0.5, 0.6) is 11.5 Å². The van der Waals surface area contributed by atoms with Crippen molar-refractivity contribution in [1.29, 1.82) is 0 Å². The molecule has 0 saturated carbocycles. The van der Waals surface area contributed by atoms with Crippen LogP contribution in [0.15, 0.2) is 49.3 Å². The van der Waals surface area contributed by atoms with E-state index >= 15 is 0 Å². The van der Waals surface area contributed by atoms with Gasteiger partial charge in [-0.2, -0.15) is 23.0 Å². The van der Waals surface area contributed by atoms with Gasteiger partial charge in [-0.25, -0.2) is 15.0 Å². The van der Waals surface area contributed by atoms with Gasteiger partial charge in [0.2, 0.25) is 0 Å². The van der Waals surface area contributed by atoms with E-state index in [1.165, 1.54) is 54.2 Å². The van der Waals surface area contributed by atoms with Crippen LogP contribution < -0.4 is 35.3 Å². The molecule has 1 aromatic carbocycles. The molecule has 2 fully saturated rings. The van der Waals surface area contributed by atoms with Gasteiger partial charge in [0.25, 0.3) is 17.8 Å². The fraction of sp³-hybridized carbons (Fsp3) is 0.452. The van der Waals surface area contributed by atoms with Crippen molar-refractivity contribution in [2.24, 2.45) is 5.73 Å². The van der Waals surface area contributed by atoms with Crippen LogP contribution in [0.2, 0.25) is 0 Å². The molecule has 0 aliphatic carbocycles. The highest BCUT2D eigenvalue weighted by Crippen LogP contribution is 2.70. The van der Waals surface area contributed by atoms with Gasteiger partial charge in [0.05, 0.1) is 37.1 Å². The number of fused-ring (bicyclic) bond motifs is 1. The van der Waals surface area contributed by atoms with E-state index in [1.54, 1.807) is 0 Å². The number of rotatable bonds is 17. The largest absolute Gasteiger partial charge is 0.603 e. The number of hydrogen-bond donors (Lipinski definition) is 7. The minimum absolute atomic E-state index is 0.00951. The Bertz CT molecular complexity index is 2170. The number of imidazole rings is 1. The number of amides is 1. The van der Waals surface area contributed by atoms with Gasteiger partial charge in [-0.15, -0.1) is 0 Å². The van der Waals surface area contributed by atoms with Crippen molar-refractivity contribution >= 4 is 44.9 Å². The third-order valence-corrected chi connectivity index (χ3v) is 12.3. The summed E-state index contributed by atoms with van der Waals surface area (Å²) in [5.74, 6) is -0.863. The highest BCUT2D eigenvalue weighted by molar-refractivity contribution is 7.67. The molecule has 0 bridgehead atoms. The molecule has 4 aromatic rings. The number of ether oxygens (including phenoxy) is 4. The van der Waals surface area contributed by atoms with E-state index in [4.69, 9.17) is 48.3 Å². The molecule has 28 heteroatoms. The van der Waals surface area contributed by atoms with E-state index in [2.05, 4.69) is 15.0 Å². The monoisotopic (exact) mass is 873 g/mol. The molecule has 3 aromatic heterocycles. The van der Waals surface area contributed by atoms with Gasteiger partial charge in [-0.3, -0.25) is 19.5 Å². The number of phosphoric ester groups is 2. The second kappa shape index (κ2) is 17.6. The van der Waals surface area contributed by atoms with E-state index in [-0.39, 0.29) is 39.6 Å². The highest BCUT2D eigenvalue weighted by Gasteiger charge is 2.55. The third-order valence-electron chi connectivity index (χ3n) is 9.19. The lowest BCUT2D eigenvalue weighted by Crippen LogP contribution is -2.46. The van der Waals surface area contributed by atoms with E-state index in [1.807, 2.05) is 0 Å². The second-order valence-electron chi connectivity index (χ2n) is 12.9. The zero-order chi connectivity index (χ0) is 43.0. The van der Waals surface area contributed by atoms with Gasteiger partial charge in [-0.05, 0) is 19.1 Å². The Morgan fingerprint density at radius 3 is 2.36 bits per heavy atom. The van der Waals surface area contributed by atoms with Gasteiger partial charge >= 0.3 is 16.3 Å². The van der Waals surface area contributed by atoms with Crippen molar-refractivity contribution in [3.8, 4) is 11.5 Å². The number of pyridine rings is 1. The third kappa shape index (κ3) is 9.31. The first kappa shape index (κ1) is 44.1. The van der Waals surface area contributed by atoms with E-state index in [0.717, 1.165) is 25.4 Å². The number of primary amides is 1. The van der Waals surface area contributed by atoms with Crippen molar-refractivity contribution < 1.29 is 86.2 Å². The summed E-state index contributed by atoms with van der Waals surface area (Å²) >= 11 is 0. The Morgan fingerprint density at radius 1 is 1.02 bits per heavy atom. The molecule has 320 valence electrons. The van der Waals surface area contributed by atoms with Crippen molar-refractivity contribution in [1.82, 2.24) is 19.5 Å². The number of aliphatic hydroxyl groups excluding tert-OH is 4. The van der Waals surface area contributed by atoms with Crippen molar-refractivity contribution in [3.05, 3.63) is 70.6 Å². The Kier molecular flexibility index (Phi) is 13.2. The van der Waals surface area contributed by atoms with Gasteiger partial charge < -0.3 is 60.6 Å². The van der Waals surface area contributed by atoms with E-state index < -0.39 is 101 Å².